The zero-order valence-corrected chi connectivity index (χ0v) is 9.54. The van der Waals surface area contributed by atoms with Gasteiger partial charge in [-0.25, -0.2) is 0 Å². The second-order valence-electron chi connectivity index (χ2n) is 4.05. The third-order valence-corrected chi connectivity index (χ3v) is 2.73. The highest BCUT2D eigenvalue weighted by Crippen LogP contribution is 2.28. The van der Waals surface area contributed by atoms with E-state index in [4.69, 9.17) is 4.74 Å². The standard InChI is InChI=1S/C11H13F3N2O2/c12-11(13,14)9-2-1-3-10(17)16(9)7-8-6-15-4-5-18-8/h1-3,8,15H,4-7H2. The van der Waals surface area contributed by atoms with Crippen LogP contribution in [-0.2, 0) is 17.5 Å². The highest BCUT2D eigenvalue weighted by Gasteiger charge is 2.34. The Morgan fingerprint density at radius 2 is 2.22 bits per heavy atom. The van der Waals surface area contributed by atoms with Crippen LogP contribution in [0, 0.1) is 0 Å². The van der Waals surface area contributed by atoms with E-state index in [2.05, 4.69) is 5.32 Å². The molecule has 1 unspecified atom stereocenters. The molecule has 0 aromatic carbocycles. The smallest absolute Gasteiger partial charge is 0.374 e. The highest BCUT2D eigenvalue weighted by molar-refractivity contribution is 5.10. The normalized spacial score (nSPS) is 20.9. The molecule has 4 nitrogen and oxygen atoms in total. The number of nitrogens with zero attached hydrogens (tertiary/aromatic N) is 1. The van der Waals surface area contributed by atoms with Crippen LogP contribution in [0.2, 0.25) is 0 Å². The van der Waals surface area contributed by atoms with E-state index in [-0.39, 0.29) is 6.54 Å². The molecule has 0 bridgehead atoms. The van der Waals surface area contributed by atoms with Gasteiger partial charge in [-0.1, -0.05) is 6.07 Å². The molecule has 1 aromatic heterocycles. The maximum atomic E-state index is 12.8. The lowest BCUT2D eigenvalue weighted by Gasteiger charge is -2.25. The van der Waals surface area contributed by atoms with Crippen LogP contribution in [0.4, 0.5) is 13.2 Å². The topological polar surface area (TPSA) is 43.3 Å². The fraction of sp³-hybridized carbons (Fsp3) is 0.545. The van der Waals surface area contributed by atoms with Crippen LogP contribution in [0.3, 0.4) is 0 Å². The number of alkyl halides is 3. The number of hydrogen-bond acceptors (Lipinski definition) is 3. The fourth-order valence-corrected chi connectivity index (χ4v) is 1.90. The van der Waals surface area contributed by atoms with Gasteiger partial charge >= 0.3 is 6.18 Å². The lowest BCUT2D eigenvalue weighted by molar-refractivity contribution is -0.145. The molecular weight excluding hydrogens is 249 g/mol. The predicted molar refractivity (Wildman–Crippen MR) is 58.3 cm³/mol. The SMILES string of the molecule is O=c1cccc(C(F)(F)F)n1CC1CNCCO1. The minimum Gasteiger partial charge on any atom is -0.374 e. The van der Waals surface area contributed by atoms with Crippen LogP contribution in [0.1, 0.15) is 5.69 Å². The van der Waals surface area contributed by atoms with Crippen molar-refractivity contribution in [2.75, 3.05) is 19.7 Å². The highest BCUT2D eigenvalue weighted by atomic mass is 19.4. The van der Waals surface area contributed by atoms with E-state index in [1.807, 2.05) is 0 Å². The fourth-order valence-electron chi connectivity index (χ4n) is 1.90. The van der Waals surface area contributed by atoms with Gasteiger partial charge in [0.05, 0.1) is 19.3 Å². The van der Waals surface area contributed by atoms with Crippen molar-refractivity contribution >= 4 is 0 Å². The lowest BCUT2D eigenvalue weighted by Crippen LogP contribution is -2.43. The van der Waals surface area contributed by atoms with Gasteiger partial charge in [0, 0.05) is 19.2 Å². The molecule has 0 spiro atoms. The minimum atomic E-state index is -4.54. The van der Waals surface area contributed by atoms with Crippen molar-refractivity contribution in [3.05, 3.63) is 34.2 Å². The first-order valence-corrected chi connectivity index (χ1v) is 5.58. The molecule has 1 aliphatic heterocycles. The average Bonchev–Trinajstić information content (AvgIpc) is 2.32. The number of nitrogens with one attached hydrogen (secondary N) is 1. The van der Waals surface area contributed by atoms with Crippen LogP contribution in [-0.4, -0.2) is 30.4 Å². The van der Waals surface area contributed by atoms with E-state index in [9.17, 15) is 18.0 Å². The Morgan fingerprint density at radius 1 is 1.44 bits per heavy atom. The first-order chi connectivity index (χ1) is 8.48. The molecule has 0 radical (unpaired) electrons. The molecule has 1 aromatic rings. The second-order valence-corrected chi connectivity index (χ2v) is 4.05. The third-order valence-electron chi connectivity index (χ3n) is 2.73. The number of morpholine rings is 1. The molecule has 1 aliphatic rings. The molecule has 100 valence electrons. The predicted octanol–water partition coefficient (Wildman–Crippen LogP) is 0.855. The summed E-state index contributed by atoms with van der Waals surface area (Å²) in [7, 11) is 0. The molecule has 0 aliphatic carbocycles. The molecule has 1 atom stereocenters. The van der Waals surface area contributed by atoms with Crippen LogP contribution in [0.15, 0.2) is 23.0 Å². The van der Waals surface area contributed by atoms with Crippen molar-refractivity contribution in [2.45, 2.75) is 18.8 Å². The van der Waals surface area contributed by atoms with Gasteiger partial charge in [0.15, 0.2) is 0 Å². The van der Waals surface area contributed by atoms with E-state index in [1.54, 1.807) is 0 Å². The number of ether oxygens (including phenoxy) is 1. The first kappa shape index (κ1) is 13.1. The van der Waals surface area contributed by atoms with Crippen molar-refractivity contribution in [1.29, 1.82) is 0 Å². The minimum absolute atomic E-state index is 0.0957. The molecule has 0 amide bonds. The average molecular weight is 262 g/mol. The van der Waals surface area contributed by atoms with Crippen molar-refractivity contribution in [3.8, 4) is 0 Å². The Morgan fingerprint density at radius 3 is 2.83 bits per heavy atom. The Hall–Kier alpha value is -1.34. The zero-order valence-electron chi connectivity index (χ0n) is 9.54. The molecule has 2 heterocycles. The van der Waals surface area contributed by atoms with Crippen LogP contribution < -0.4 is 10.9 Å². The number of rotatable bonds is 2. The van der Waals surface area contributed by atoms with Gasteiger partial charge in [-0.2, -0.15) is 13.2 Å². The van der Waals surface area contributed by atoms with Gasteiger partial charge < -0.3 is 14.6 Å². The van der Waals surface area contributed by atoms with Gasteiger partial charge in [0.25, 0.3) is 5.56 Å². The summed E-state index contributed by atoms with van der Waals surface area (Å²) < 4.78 is 44.3. The van der Waals surface area contributed by atoms with E-state index >= 15 is 0 Å². The number of pyridine rings is 1. The summed E-state index contributed by atoms with van der Waals surface area (Å²) in [5, 5.41) is 3.01. The molecule has 7 heteroatoms. The van der Waals surface area contributed by atoms with E-state index in [0.29, 0.717) is 19.7 Å². The summed E-state index contributed by atoms with van der Waals surface area (Å²) in [5.41, 5.74) is -1.61. The Labute approximate surface area is 101 Å². The molecule has 1 fully saturated rings. The third kappa shape index (κ3) is 2.91. The second kappa shape index (κ2) is 5.11. The van der Waals surface area contributed by atoms with E-state index in [1.165, 1.54) is 0 Å². The molecule has 1 saturated heterocycles. The summed E-state index contributed by atoms with van der Waals surface area (Å²) >= 11 is 0. The summed E-state index contributed by atoms with van der Waals surface area (Å²) in [6.45, 7) is 1.46. The Balaban J connectivity index is 2.28. The molecule has 2 rings (SSSR count). The summed E-state index contributed by atoms with van der Waals surface area (Å²) in [6, 6.07) is 3.13. The van der Waals surface area contributed by atoms with Crippen LogP contribution in [0.5, 0.6) is 0 Å². The summed E-state index contributed by atoms with van der Waals surface area (Å²) in [5.74, 6) is 0. The van der Waals surface area contributed by atoms with Crippen molar-refractivity contribution in [3.63, 3.8) is 0 Å². The largest absolute Gasteiger partial charge is 0.431 e. The van der Waals surface area contributed by atoms with E-state index in [0.717, 1.165) is 22.8 Å². The van der Waals surface area contributed by atoms with Crippen molar-refractivity contribution < 1.29 is 17.9 Å². The van der Waals surface area contributed by atoms with Gasteiger partial charge in [0.1, 0.15) is 5.69 Å². The molecule has 18 heavy (non-hydrogen) atoms. The van der Waals surface area contributed by atoms with Gasteiger partial charge in [-0.3, -0.25) is 4.79 Å². The number of hydrogen-bond donors (Lipinski definition) is 1. The monoisotopic (exact) mass is 262 g/mol. The van der Waals surface area contributed by atoms with Gasteiger partial charge in [-0.15, -0.1) is 0 Å². The van der Waals surface area contributed by atoms with E-state index < -0.39 is 23.5 Å². The van der Waals surface area contributed by atoms with Crippen LogP contribution >= 0.6 is 0 Å². The van der Waals surface area contributed by atoms with Crippen molar-refractivity contribution in [2.24, 2.45) is 0 Å². The molecule has 0 saturated carbocycles. The number of halogens is 3. The summed E-state index contributed by atoms with van der Waals surface area (Å²) in [4.78, 5) is 11.5. The Kier molecular flexibility index (Phi) is 3.72. The van der Waals surface area contributed by atoms with Gasteiger partial charge in [0.2, 0.25) is 0 Å². The zero-order chi connectivity index (χ0) is 13.2. The summed E-state index contributed by atoms with van der Waals surface area (Å²) in [6.07, 6.45) is -4.96. The Bertz CT molecular complexity index is 464. The maximum Gasteiger partial charge on any atom is 0.431 e. The van der Waals surface area contributed by atoms with Gasteiger partial charge in [-0.05, 0) is 6.07 Å². The quantitative estimate of drug-likeness (QED) is 0.859. The van der Waals surface area contributed by atoms with Crippen molar-refractivity contribution in [1.82, 2.24) is 9.88 Å². The number of aromatic nitrogens is 1. The molecule has 1 N–H and O–H groups in total. The lowest BCUT2D eigenvalue weighted by atomic mass is 10.2. The van der Waals surface area contributed by atoms with Crippen LogP contribution in [0.25, 0.3) is 0 Å². The maximum absolute atomic E-state index is 12.8. The molecular formula is C11H13F3N2O2. The first-order valence-electron chi connectivity index (χ1n) is 5.58.